The summed E-state index contributed by atoms with van der Waals surface area (Å²) < 4.78 is 5.56. The summed E-state index contributed by atoms with van der Waals surface area (Å²) in [5.74, 6) is 0.830. The minimum Gasteiger partial charge on any atom is -0.468 e. The van der Waals surface area contributed by atoms with E-state index < -0.39 is 0 Å². The number of hydrogen-bond acceptors (Lipinski definition) is 3. The Labute approximate surface area is 151 Å². The van der Waals surface area contributed by atoms with E-state index in [1.165, 1.54) is 12.8 Å². The topological polar surface area (TPSA) is 45.5 Å². The fraction of sp³-hybridized carbons (Fsp3) is 0.389. The van der Waals surface area contributed by atoms with Gasteiger partial charge in [0, 0.05) is 16.6 Å². The fourth-order valence-corrected chi connectivity index (χ4v) is 3.53. The normalized spacial score (nSPS) is 16.2. The van der Waals surface area contributed by atoms with Gasteiger partial charge < -0.3 is 9.73 Å². The van der Waals surface area contributed by atoms with E-state index in [0.717, 1.165) is 24.4 Å². The third-order valence-corrected chi connectivity index (χ3v) is 4.90. The highest BCUT2D eigenvalue weighted by Gasteiger charge is 2.25. The van der Waals surface area contributed by atoms with Gasteiger partial charge in [-0.2, -0.15) is 0 Å². The summed E-state index contributed by atoms with van der Waals surface area (Å²) in [6.07, 6.45) is 4.28. The van der Waals surface area contributed by atoms with Gasteiger partial charge in [-0.25, -0.2) is 0 Å². The predicted octanol–water partition coefficient (Wildman–Crippen LogP) is 4.08. The average Bonchev–Trinajstić information content (AvgIpc) is 3.24. The summed E-state index contributed by atoms with van der Waals surface area (Å²) in [7, 11) is 0. The Hall–Kier alpha value is -1.49. The van der Waals surface area contributed by atoms with E-state index >= 15 is 0 Å². The van der Waals surface area contributed by atoms with Crippen molar-refractivity contribution in [1.29, 1.82) is 0 Å². The molecule has 1 unspecified atom stereocenters. The van der Waals surface area contributed by atoms with Crippen molar-refractivity contribution in [3.8, 4) is 0 Å². The summed E-state index contributed by atoms with van der Waals surface area (Å²) in [5.41, 5.74) is 0.772. The first-order valence-corrected chi connectivity index (χ1v) is 8.87. The Bertz CT molecular complexity index is 682. The van der Waals surface area contributed by atoms with Crippen LogP contribution in [0, 0.1) is 0 Å². The van der Waals surface area contributed by atoms with Crippen molar-refractivity contribution >= 4 is 29.1 Å². The lowest BCUT2D eigenvalue weighted by Crippen LogP contribution is -2.37. The van der Waals surface area contributed by atoms with E-state index in [4.69, 9.17) is 27.6 Å². The number of nitrogens with zero attached hydrogens (tertiary/aromatic N) is 1. The fourth-order valence-electron chi connectivity index (χ4n) is 3.05. The van der Waals surface area contributed by atoms with Crippen LogP contribution in [0.1, 0.15) is 30.2 Å². The molecule has 0 aliphatic carbocycles. The van der Waals surface area contributed by atoms with Crippen LogP contribution in [0.5, 0.6) is 0 Å². The van der Waals surface area contributed by atoms with Crippen molar-refractivity contribution in [2.45, 2.75) is 25.3 Å². The molecule has 0 spiro atoms. The van der Waals surface area contributed by atoms with Crippen LogP contribution < -0.4 is 5.32 Å². The maximum Gasteiger partial charge on any atom is 0.224 e. The second-order valence-corrected chi connectivity index (χ2v) is 6.83. The molecule has 1 aromatic heterocycles. The van der Waals surface area contributed by atoms with Crippen molar-refractivity contribution in [2.24, 2.45) is 0 Å². The van der Waals surface area contributed by atoms with Crippen LogP contribution in [0.4, 0.5) is 0 Å². The zero-order chi connectivity index (χ0) is 16.9. The van der Waals surface area contributed by atoms with E-state index in [-0.39, 0.29) is 18.4 Å². The zero-order valence-electron chi connectivity index (χ0n) is 13.3. The highest BCUT2D eigenvalue weighted by atomic mass is 35.5. The summed E-state index contributed by atoms with van der Waals surface area (Å²) in [6, 6.07) is 9.11. The minimum atomic E-state index is -0.0602. The van der Waals surface area contributed by atoms with Gasteiger partial charge >= 0.3 is 0 Å². The maximum absolute atomic E-state index is 12.3. The number of likely N-dealkylation sites (tertiary alicyclic amines) is 1. The molecule has 0 bridgehead atoms. The summed E-state index contributed by atoms with van der Waals surface area (Å²) in [5, 5.41) is 4.09. The van der Waals surface area contributed by atoms with E-state index in [1.807, 2.05) is 12.1 Å². The van der Waals surface area contributed by atoms with Gasteiger partial charge in [0.05, 0.1) is 18.7 Å². The quantitative estimate of drug-likeness (QED) is 0.837. The molecule has 1 fully saturated rings. The smallest absolute Gasteiger partial charge is 0.224 e. The van der Waals surface area contributed by atoms with Crippen LogP contribution in [0.15, 0.2) is 41.0 Å². The van der Waals surface area contributed by atoms with Gasteiger partial charge in [-0.3, -0.25) is 9.69 Å². The van der Waals surface area contributed by atoms with Crippen LogP contribution in [-0.4, -0.2) is 30.4 Å². The van der Waals surface area contributed by atoms with Gasteiger partial charge in [0.15, 0.2) is 0 Å². The first kappa shape index (κ1) is 17.3. The van der Waals surface area contributed by atoms with Crippen LogP contribution in [0.2, 0.25) is 10.0 Å². The molecule has 3 rings (SSSR count). The minimum absolute atomic E-state index is 0.0602. The Morgan fingerprint density at radius 2 is 2.04 bits per heavy atom. The number of carbonyl (C=O) groups is 1. The van der Waals surface area contributed by atoms with E-state index in [9.17, 15) is 4.79 Å². The average molecular weight is 367 g/mol. The number of furan rings is 1. The number of nitrogens with one attached hydrogen (secondary N) is 1. The first-order valence-electron chi connectivity index (χ1n) is 8.11. The Morgan fingerprint density at radius 3 is 2.71 bits per heavy atom. The number of benzene rings is 1. The van der Waals surface area contributed by atoms with E-state index in [1.54, 1.807) is 24.5 Å². The highest BCUT2D eigenvalue weighted by Crippen LogP contribution is 2.25. The molecule has 1 atom stereocenters. The third-order valence-electron chi connectivity index (χ3n) is 4.31. The summed E-state index contributed by atoms with van der Waals surface area (Å²) in [6.45, 7) is 2.59. The number of halogens is 2. The van der Waals surface area contributed by atoms with Crippen LogP contribution in [-0.2, 0) is 11.2 Å². The zero-order valence-corrected chi connectivity index (χ0v) is 14.8. The Balaban J connectivity index is 1.60. The molecular weight excluding hydrogens is 347 g/mol. The number of amides is 1. The van der Waals surface area contributed by atoms with Crippen molar-refractivity contribution in [3.63, 3.8) is 0 Å². The highest BCUT2D eigenvalue weighted by molar-refractivity contribution is 6.35. The number of rotatable bonds is 6. The molecule has 1 aliphatic rings. The lowest BCUT2D eigenvalue weighted by atomic mass is 10.1. The molecule has 1 N–H and O–H groups in total. The predicted molar refractivity (Wildman–Crippen MR) is 95.4 cm³/mol. The van der Waals surface area contributed by atoms with Gasteiger partial charge in [-0.05, 0) is 55.8 Å². The molecule has 128 valence electrons. The van der Waals surface area contributed by atoms with Gasteiger partial charge in [-0.1, -0.05) is 29.3 Å². The number of carbonyl (C=O) groups excluding carboxylic acids is 1. The summed E-state index contributed by atoms with van der Waals surface area (Å²) in [4.78, 5) is 14.6. The molecule has 24 heavy (non-hydrogen) atoms. The molecule has 1 amide bonds. The first-order chi connectivity index (χ1) is 11.6. The molecule has 2 heterocycles. The van der Waals surface area contributed by atoms with Crippen LogP contribution in [0.3, 0.4) is 0 Å². The number of hydrogen-bond donors (Lipinski definition) is 1. The molecule has 1 saturated heterocycles. The van der Waals surface area contributed by atoms with Gasteiger partial charge in [-0.15, -0.1) is 0 Å². The Morgan fingerprint density at radius 1 is 1.25 bits per heavy atom. The molecule has 6 heteroatoms. The molecule has 4 nitrogen and oxygen atoms in total. The SMILES string of the molecule is O=C(Cc1ccc(Cl)cc1Cl)NCC(c1ccco1)N1CCCC1. The van der Waals surface area contributed by atoms with Gasteiger partial charge in [0.25, 0.3) is 0 Å². The van der Waals surface area contributed by atoms with Crippen molar-refractivity contribution < 1.29 is 9.21 Å². The van der Waals surface area contributed by atoms with Gasteiger partial charge in [0.2, 0.25) is 5.91 Å². The van der Waals surface area contributed by atoms with Crippen molar-refractivity contribution in [2.75, 3.05) is 19.6 Å². The van der Waals surface area contributed by atoms with Crippen LogP contribution >= 0.6 is 23.2 Å². The lowest BCUT2D eigenvalue weighted by Gasteiger charge is -2.26. The largest absolute Gasteiger partial charge is 0.468 e. The van der Waals surface area contributed by atoms with Crippen molar-refractivity contribution in [3.05, 3.63) is 58.0 Å². The molecule has 0 saturated carbocycles. The lowest BCUT2D eigenvalue weighted by molar-refractivity contribution is -0.120. The molecule has 1 aliphatic heterocycles. The van der Waals surface area contributed by atoms with Crippen molar-refractivity contribution in [1.82, 2.24) is 10.2 Å². The monoisotopic (exact) mass is 366 g/mol. The van der Waals surface area contributed by atoms with Gasteiger partial charge in [0.1, 0.15) is 5.76 Å². The third kappa shape index (κ3) is 4.32. The van der Waals surface area contributed by atoms with E-state index in [0.29, 0.717) is 16.6 Å². The summed E-state index contributed by atoms with van der Waals surface area (Å²) >= 11 is 12.0. The second kappa shape index (κ2) is 8.06. The standard InChI is InChI=1S/C18H20Cl2N2O2/c19-14-6-5-13(15(20)11-14)10-18(23)21-12-16(17-4-3-9-24-17)22-7-1-2-8-22/h3-6,9,11,16H,1-2,7-8,10,12H2,(H,21,23). The Kier molecular flexibility index (Phi) is 5.82. The second-order valence-electron chi connectivity index (χ2n) is 5.99. The maximum atomic E-state index is 12.3. The van der Waals surface area contributed by atoms with Crippen LogP contribution in [0.25, 0.3) is 0 Å². The molecule has 0 radical (unpaired) electrons. The molecule has 1 aromatic carbocycles. The molecular formula is C18H20Cl2N2O2. The molecule has 2 aromatic rings. The van der Waals surface area contributed by atoms with E-state index in [2.05, 4.69) is 10.2 Å².